The number of amides is 1. The lowest BCUT2D eigenvalue weighted by Gasteiger charge is -2.40. The molecule has 1 fully saturated rings. The molecule has 5 rings (SSSR count). The van der Waals surface area contributed by atoms with E-state index in [1.165, 1.54) is 0 Å². The zero-order valence-corrected chi connectivity index (χ0v) is 26.4. The molecule has 5 atom stereocenters. The quantitative estimate of drug-likeness (QED) is 0.380. The van der Waals surface area contributed by atoms with Gasteiger partial charge >= 0.3 is 5.97 Å². The molecule has 2 aromatic rings. The highest BCUT2D eigenvalue weighted by molar-refractivity contribution is 7.90. The van der Waals surface area contributed by atoms with Crippen LogP contribution in [0.1, 0.15) is 73.9 Å². The van der Waals surface area contributed by atoms with Gasteiger partial charge in [-0.25, -0.2) is 13.1 Å². The van der Waals surface area contributed by atoms with Crippen molar-refractivity contribution in [1.82, 2.24) is 4.72 Å². The van der Waals surface area contributed by atoms with Crippen LogP contribution >= 0.6 is 11.6 Å². The zero-order valence-electron chi connectivity index (χ0n) is 24.8. The molecule has 1 aliphatic carbocycles. The van der Waals surface area contributed by atoms with Gasteiger partial charge in [0.05, 0.1) is 17.4 Å². The van der Waals surface area contributed by atoms with E-state index < -0.39 is 27.1 Å². The Hall–Kier alpha value is -3.04. The number of allylic oxidation sites excluding steroid dienone is 2. The van der Waals surface area contributed by atoms with Gasteiger partial charge in [0.25, 0.3) is 5.91 Å². The van der Waals surface area contributed by atoms with E-state index in [2.05, 4.69) is 15.7 Å². The molecule has 2 aromatic carbocycles. The fraction of sp³-hybridized carbons (Fsp3) is 0.515. The van der Waals surface area contributed by atoms with Crippen molar-refractivity contribution >= 4 is 39.2 Å². The second-order valence-corrected chi connectivity index (χ2v) is 14.9. The van der Waals surface area contributed by atoms with Crippen LogP contribution in [0.15, 0.2) is 48.6 Å². The van der Waals surface area contributed by atoms with Crippen molar-refractivity contribution in [2.24, 2.45) is 23.7 Å². The Bertz CT molecular complexity index is 1490. The number of benzene rings is 2. The monoisotopic (exact) mass is 628 g/mol. The first-order valence-electron chi connectivity index (χ1n) is 15.3. The van der Waals surface area contributed by atoms with E-state index in [1.807, 2.05) is 24.3 Å². The average Bonchev–Trinajstić information content (AvgIpc) is 2.97. The number of carbonyl (C=O) groups is 2. The van der Waals surface area contributed by atoms with Gasteiger partial charge in [0, 0.05) is 23.7 Å². The summed E-state index contributed by atoms with van der Waals surface area (Å²) in [5.41, 5.74) is 3.25. The van der Waals surface area contributed by atoms with Crippen molar-refractivity contribution in [3.8, 4) is 5.75 Å². The molecule has 1 saturated carbocycles. The lowest BCUT2D eigenvalue weighted by molar-refractivity contribution is -0.137. The first-order chi connectivity index (χ1) is 20.5. The predicted molar refractivity (Wildman–Crippen MR) is 168 cm³/mol. The fourth-order valence-electron chi connectivity index (χ4n) is 6.45. The molecule has 8 nitrogen and oxygen atoms in total. The summed E-state index contributed by atoms with van der Waals surface area (Å²) in [4.78, 5) is 27.3. The molecule has 0 radical (unpaired) electrons. The minimum absolute atomic E-state index is 0.0671. The summed E-state index contributed by atoms with van der Waals surface area (Å²) in [6, 6.07) is 11.0. The van der Waals surface area contributed by atoms with E-state index in [9.17, 15) is 23.1 Å². The Labute approximate surface area is 259 Å². The van der Waals surface area contributed by atoms with E-state index in [0.29, 0.717) is 35.6 Å². The zero-order chi connectivity index (χ0) is 30.7. The Morgan fingerprint density at radius 1 is 1.09 bits per heavy atom. The summed E-state index contributed by atoms with van der Waals surface area (Å²) >= 11 is 6.30. The van der Waals surface area contributed by atoms with Crippen LogP contribution in [0.5, 0.6) is 5.75 Å². The SMILES string of the molecule is C[C@@H]1[C@@H](C)C[C@@H](CC(=O)O)/C=C/[C@@H]2CC[C@H]2CN2CCCCc3cc(Cl)ccc3COc3ccc(cc32)C(=O)NS1(=O)=O. The number of aryl methyl sites for hydroxylation is 1. The predicted octanol–water partition coefficient (Wildman–Crippen LogP) is 6.22. The van der Waals surface area contributed by atoms with Crippen molar-refractivity contribution in [1.29, 1.82) is 0 Å². The number of nitrogens with one attached hydrogen (secondary N) is 1. The van der Waals surface area contributed by atoms with Crippen LogP contribution in [0.3, 0.4) is 0 Å². The molecule has 2 aliphatic heterocycles. The molecule has 2 heterocycles. The van der Waals surface area contributed by atoms with E-state index >= 15 is 0 Å². The molecule has 232 valence electrons. The maximum absolute atomic E-state index is 13.4. The van der Waals surface area contributed by atoms with Crippen LogP contribution in [-0.4, -0.2) is 43.7 Å². The average molecular weight is 629 g/mol. The molecule has 0 unspecified atom stereocenters. The van der Waals surface area contributed by atoms with Gasteiger partial charge in [-0.3, -0.25) is 9.59 Å². The number of nitrogens with zero attached hydrogens (tertiary/aromatic N) is 1. The fourth-order valence-corrected chi connectivity index (χ4v) is 7.93. The number of hydrogen-bond donors (Lipinski definition) is 2. The normalized spacial score (nSPS) is 28.5. The topological polar surface area (TPSA) is 113 Å². The summed E-state index contributed by atoms with van der Waals surface area (Å²) in [5.74, 6) is -0.942. The smallest absolute Gasteiger partial charge is 0.303 e. The van der Waals surface area contributed by atoms with Crippen molar-refractivity contribution in [2.75, 3.05) is 18.0 Å². The summed E-state index contributed by atoms with van der Waals surface area (Å²) in [6.07, 6.45) is 9.30. The van der Waals surface area contributed by atoms with Crippen LogP contribution < -0.4 is 14.4 Å². The number of fused-ring (bicyclic) bond motifs is 3. The number of rotatable bonds is 2. The standard InChI is InChI=1S/C33H41ClN2O6S/c1-21-15-23(16-32(37)38)6-7-24-8-9-27(24)19-36-14-4-3-5-25-17-29(34)12-10-28(25)20-42-31-13-11-26(18-30(31)36)33(39)35-43(40,41)22(21)2/h6-7,10-13,17-18,21-24,27H,3-5,8-9,14-16,19-20H2,1-2H3,(H,35,39)(H,37,38)/b7-6+/t21-,22+,23-,24+,27-/m0/s1. The minimum Gasteiger partial charge on any atom is -0.487 e. The lowest BCUT2D eigenvalue weighted by atomic mass is 9.72. The molecule has 0 aromatic heterocycles. The van der Waals surface area contributed by atoms with E-state index in [1.54, 1.807) is 32.0 Å². The number of ether oxygens (including phenoxy) is 1. The number of aliphatic carboxylic acids is 1. The van der Waals surface area contributed by atoms with Gasteiger partial charge in [-0.05, 0) is 111 Å². The number of carboxylic acids is 1. The third kappa shape index (κ3) is 7.55. The van der Waals surface area contributed by atoms with E-state index in [4.69, 9.17) is 16.3 Å². The third-order valence-corrected chi connectivity index (χ3v) is 11.6. The summed E-state index contributed by atoms with van der Waals surface area (Å²) in [7, 11) is -4.02. The molecule has 43 heavy (non-hydrogen) atoms. The molecule has 3 aliphatic rings. The number of hydrogen-bond acceptors (Lipinski definition) is 6. The van der Waals surface area contributed by atoms with Crippen molar-refractivity contribution in [2.45, 2.75) is 70.7 Å². The molecule has 2 bridgehead atoms. The first-order valence-corrected chi connectivity index (χ1v) is 17.2. The van der Waals surface area contributed by atoms with Gasteiger partial charge in [-0.2, -0.15) is 0 Å². The summed E-state index contributed by atoms with van der Waals surface area (Å²) in [6.45, 7) is 5.22. The third-order valence-electron chi connectivity index (χ3n) is 9.44. The van der Waals surface area contributed by atoms with Crippen LogP contribution in [0.2, 0.25) is 5.02 Å². The second-order valence-electron chi connectivity index (χ2n) is 12.4. The van der Waals surface area contributed by atoms with E-state index in [-0.39, 0.29) is 23.8 Å². The Morgan fingerprint density at radius 3 is 2.65 bits per heavy atom. The number of halogens is 1. The van der Waals surface area contributed by atoms with Gasteiger partial charge in [0.15, 0.2) is 0 Å². The molecule has 2 N–H and O–H groups in total. The Morgan fingerprint density at radius 2 is 1.91 bits per heavy atom. The van der Waals surface area contributed by atoms with Gasteiger partial charge in [-0.15, -0.1) is 0 Å². The second kappa shape index (κ2) is 13.3. The Balaban J connectivity index is 1.53. The number of anilines is 1. The van der Waals surface area contributed by atoms with Gasteiger partial charge < -0.3 is 14.7 Å². The van der Waals surface area contributed by atoms with Gasteiger partial charge in [0.2, 0.25) is 10.0 Å². The minimum atomic E-state index is -4.02. The maximum atomic E-state index is 13.4. The van der Waals surface area contributed by atoms with Crippen LogP contribution in [0.25, 0.3) is 0 Å². The molecule has 0 spiro atoms. The van der Waals surface area contributed by atoms with Crippen LogP contribution in [0.4, 0.5) is 5.69 Å². The highest BCUT2D eigenvalue weighted by Gasteiger charge is 2.34. The lowest BCUT2D eigenvalue weighted by Crippen LogP contribution is -2.41. The first kappa shape index (κ1) is 31.4. The van der Waals surface area contributed by atoms with Crippen LogP contribution in [-0.2, 0) is 27.8 Å². The number of carbonyl (C=O) groups excluding carboxylic acids is 1. The van der Waals surface area contributed by atoms with Crippen molar-refractivity contribution in [3.63, 3.8) is 0 Å². The van der Waals surface area contributed by atoms with E-state index in [0.717, 1.165) is 62.0 Å². The van der Waals surface area contributed by atoms with Gasteiger partial charge in [-0.1, -0.05) is 36.7 Å². The number of sulfonamides is 1. The summed E-state index contributed by atoms with van der Waals surface area (Å²) in [5, 5.41) is 9.36. The van der Waals surface area contributed by atoms with Gasteiger partial charge in [0.1, 0.15) is 12.4 Å². The molecular formula is C33H41ClN2O6S. The molecule has 1 amide bonds. The molecule has 10 heteroatoms. The summed E-state index contributed by atoms with van der Waals surface area (Å²) < 4.78 is 35.3. The van der Waals surface area contributed by atoms with Crippen molar-refractivity contribution < 1.29 is 27.9 Å². The van der Waals surface area contributed by atoms with Crippen LogP contribution in [0, 0.1) is 23.7 Å². The largest absolute Gasteiger partial charge is 0.487 e. The highest BCUT2D eigenvalue weighted by atomic mass is 35.5. The molecular weight excluding hydrogens is 588 g/mol. The Kier molecular flexibility index (Phi) is 9.71. The number of carboxylic acid groups (broad SMARTS) is 1. The highest BCUT2D eigenvalue weighted by Crippen LogP contribution is 2.40. The van der Waals surface area contributed by atoms with Crippen molar-refractivity contribution in [3.05, 3.63) is 70.3 Å². The molecule has 0 saturated heterocycles. The maximum Gasteiger partial charge on any atom is 0.303 e.